The first kappa shape index (κ1) is 19.1. The second-order valence-electron chi connectivity index (χ2n) is 8.19. The Morgan fingerprint density at radius 2 is 2.39 bits per heavy atom. The Bertz CT molecular complexity index is 849. The summed E-state index contributed by atoms with van der Waals surface area (Å²) in [6.45, 7) is 3.95. The number of amides is 1. The lowest BCUT2D eigenvalue weighted by Crippen LogP contribution is -2.39. The molecule has 2 aromatic heterocycles. The van der Waals surface area contributed by atoms with E-state index >= 15 is 0 Å². The van der Waals surface area contributed by atoms with E-state index in [4.69, 9.17) is 4.74 Å². The zero-order valence-electron chi connectivity index (χ0n) is 16.3. The third-order valence-corrected chi connectivity index (χ3v) is 5.82. The number of piperidine rings is 1. The van der Waals surface area contributed by atoms with Crippen LogP contribution in [0.2, 0.25) is 0 Å². The van der Waals surface area contributed by atoms with Gasteiger partial charge >= 0.3 is 0 Å². The number of fused-ring (bicyclic) bond motifs is 1. The Kier molecular flexibility index (Phi) is 5.20. The summed E-state index contributed by atoms with van der Waals surface area (Å²) in [5, 5.41) is 17.4. The highest BCUT2D eigenvalue weighted by atomic mass is 19.1. The number of rotatable bonds is 5. The highest BCUT2D eigenvalue weighted by Crippen LogP contribution is 2.36. The molecular weight excluding hydrogens is 363 g/mol. The van der Waals surface area contributed by atoms with Crippen LogP contribution in [0.15, 0.2) is 12.4 Å². The van der Waals surface area contributed by atoms with Crippen LogP contribution >= 0.6 is 0 Å². The molecule has 3 N–H and O–H groups in total. The number of ether oxygens (including phenoxy) is 1. The van der Waals surface area contributed by atoms with Crippen LogP contribution in [0.3, 0.4) is 0 Å². The first-order chi connectivity index (χ1) is 13.5. The average Bonchev–Trinajstić information content (AvgIpc) is 3.28. The molecule has 28 heavy (non-hydrogen) atoms. The van der Waals surface area contributed by atoms with Crippen molar-refractivity contribution in [2.75, 3.05) is 32.1 Å². The molecule has 1 amide bonds. The van der Waals surface area contributed by atoms with Crippen LogP contribution in [0.1, 0.15) is 47.6 Å². The van der Waals surface area contributed by atoms with Crippen LogP contribution in [0.25, 0.3) is 0 Å². The van der Waals surface area contributed by atoms with E-state index in [1.54, 1.807) is 24.2 Å². The van der Waals surface area contributed by atoms with Gasteiger partial charge in [-0.15, -0.1) is 0 Å². The predicted octanol–water partition coefficient (Wildman–Crippen LogP) is 1.87. The van der Waals surface area contributed by atoms with Gasteiger partial charge in [-0.25, -0.2) is 4.39 Å². The number of hydrogen-bond donors (Lipinski definition) is 3. The lowest BCUT2D eigenvalue weighted by molar-refractivity contribution is 0.0804. The average molecular weight is 390 g/mol. The van der Waals surface area contributed by atoms with Crippen molar-refractivity contribution in [3.63, 3.8) is 0 Å². The largest absolute Gasteiger partial charge is 0.384 e. The van der Waals surface area contributed by atoms with Crippen LogP contribution in [0, 0.1) is 5.41 Å². The lowest BCUT2D eigenvalue weighted by atomic mass is 9.75. The number of nitrogens with one attached hydrogen (secondary N) is 3. The number of alkyl halides is 1. The maximum absolute atomic E-state index is 14.1. The van der Waals surface area contributed by atoms with Crippen molar-refractivity contribution in [2.45, 2.75) is 44.8 Å². The minimum Gasteiger partial charge on any atom is -0.384 e. The van der Waals surface area contributed by atoms with Gasteiger partial charge in [0.2, 0.25) is 0 Å². The molecule has 1 saturated heterocycles. The van der Waals surface area contributed by atoms with Crippen LogP contribution in [0.4, 0.5) is 10.1 Å². The Balaban J connectivity index is 1.45. The first-order valence-electron chi connectivity index (χ1n) is 9.74. The van der Waals surface area contributed by atoms with E-state index in [9.17, 15) is 9.18 Å². The zero-order valence-corrected chi connectivity index (χ0v) is 16.3. The van der Waals surface area contributed by atoms with E-state index in [2.05, 4.69) is 32.9 Å². The van der Waals surface area contributed by atoms with Gasteiger partial charge in [0.05, 0.1) is 24.5 Å². The molecule has 152 valence electrons. The molecule has 3 atom stereocenters. The summed E-state index contributed by atoms with van der Waals surface area (Å²) >= 11 is 0. The molecule has 8 nitrogen and oxygen atoms in total. The fourth-order valence-electron chi connectivity index (χ4n) is 4.30. The molecule has 1 fully saturated rings. The molecule has 0 spiro atoms. The van der Waals surface area contributed by atoms with Gasteiger partial charge in [-0.1, -0.05) is 6.92 Å². The molecule has 2 aromatic rings. The number of nitrogens with zero attached hydrogens (tertiary/aromatic N) is 3. The van der Waals surface area contributed by atoms with Gasteiger partial charge in [-0.05, 0) is 37.6 Å². The fraction of sp³-hybridized carbons (Fsp3) is 0.632. The maximum atomic E-state index is 14.1. The number of anilines is 1. The summed E-state index contributed by atoms with van der Waals surface area (Å²) in [6, 6.07) is -0.302. The van der Waals surface area contributed by atoms with E-state index < -0.39 is 6.17 Å². The van der Waals surface area contributed by atoms with E-state index in [0.717, 1.165) is 37.1 Å². The van der Waals surface area contributed by atoms with Gasteiger partial charge in [0.25, 0.3) is 5.91 Å². The second-order valence-corrected chi connectivity index (χ2v) is 8.19. The summed E-state index contributed by atoms with van der Waals surface area (Å²) in [7, 11) is 1.71. The number of methoxy groups -OCH3 is 1. The fourth-order valence-corrected chi connectivity index (χ4v) is 4.30. The molecule has 9 heteroatoms. The Morgan fingerprint density at radius 1 is 1.54 bits per heavy atom. The molecule has 2 aliphatic rings. The lowest BCUT2D eigenvalue weighted by Gasteiger charge is -2.32. The quantitative estimate of drug-likeness (QED) is 0.724. The Morgan fingerprint density at radius 3 is 3.18 bits per heavy atom. The molecule has 3 heterocycles. The van der Waals surface area contributed by atoms with Gasteiger partial charge in [0, 0.05) is 31.1 Å². The van der Waals surface area contributed by atoms with Gasteiger partial charge in [0.15, 0.2) is 5.69 Å². The molecule has 0 saturated carbocycles. The predicted molar refractivity (Wildman–Crippen MR) is 102 cm³/mol. The van der Waals surface area contributed by atoms with E-state index in [-0.39, 0.29) is 17.4 Å². The van der Waals surface area contributed by atoms with Gasteiger partial charge < -0.3 is 15.4 Å². The third kappa shape index (κ3) is 3.68. The minimum absolute atomic E-state index is 0.0565. The number of carbonyl (C=O) groups excluding carboxylic acids is 1. The second kappa shape index (κ2) is 7.63. The standard InChI is InChI=1S/C19H27FN6O2/c1-19(11-28-2)5-3-13-15(7-19)24-25-17(13)18(27)23-12-8-22-26(10-12)16-4-6-21-9-14(16)20/h8,10,14,16,21H,3-7,9,11H2,1-2H3,(H,23,27)(H,24,25)/t14-,16-,19?/m0/s1. The molecule has 0 bridgehead atoms. The molecule has 1 aliphatic carbocycles. The van der Waals surface area contributed by atoms with Crippen molar-refractivity contribution >= 4 is 11.6 Å². The number of aromatic nitrogens is 4. The van der Waals surface area contributed by atoms with Crippen molar-refractivity contribution in [2.24, 2.45) is 5.41 Å². The third-order valence-electron chi connectivity index (χ3n) is 5.82. The molecule has 1 aliphatic heterocycles. The normalized spacial score (nSPS) is 27.4. The molecule has 4 rings (SSSR count). The summed E-state index contributed by atoms with van der Waals surface area (Å²) in [5.41, 5.74) is 3.00. The topological polar surface area (TPSA) is 96.9 Å². The van der Waals surface area contributed by atoms with Crippen molar-refractivity contribution in [3.8, 4) is 0 Å². The van der Waals surface area contributed by atoms with E-state index in [1.807, 2.05) is 0 Å². The van der Waals surface area contributed by atoms with Crippen molar-refractivity contribution in [3.05, 3.63) is 29.3 Å². The highest BCUT2D eigenvalue weighted by Gasteiger charge is 2.34. The van der Waals surface area contributed by atoms with E-state index in [0.29, 0.717) is 31.0 Å². The summed E-state index contributed by atoms with van der Waals surface area (Å²) in [5.74, 6) is -0.269. The van der Waals surface area contributed by atoms with Crippen LogP contribution in [0.5, 0.6) is 0 Å². The number of carbonyl (C=O) groups is 1. The van der Waals surface area contributed by atoms with Gasteiger partial charge in [-0.3, -0.25) is 14.6 Å². The van der Waals surface area contributed by atoms with Gasteiger partial charge in [0.1, 0.15) is 6.17 Å². The van der Waals surface area contributed by atoms with Gasteiger partial charge in [-0.2, -0.15) is 10.2 Å². The Hall–Kier alpha value is -2.26. The monoisotopic (exact) mass is 390 g/mol. The molecule has 0 aromatic carbocycles. The zero-order chi connectivity index (χ0) is 19.7. The Labute approximate surface area is 163 Å². The number of halogens is 1. The molecular formula is C19H27FN6O2. The SMILES string of the molecule is COCC1(C)CCc2c(C(=O)Nc3cnn([C@H]4CCNC[C@@H]4F)c3)n[nH]c2C1. The smallest absolute Gasteiger partial charge is 0.276 e. The first-order valence-corrected chi connectivity index (χ1v) is 9.74. The number of hydrogen-bond acceptors (Lipinski definition) is 5. The van der Waals surface area contributed by atoms with Crippen molar-refractivity contribution in [1.82, 2.24) is 25.3 Å². The van der Waals surface area contributed by atoms with Crippen LogP contribution < -0.4 is 10.6 Å². The highest BCUT2D eigenvalue weighted by molar-refractivity contribution is 6.03. The van der Waals surface area contributed by atoms with E-state index in [1.165, 1.54) is 0 Å². The van der Waals surface area contributed by atoms with Crippen molar-refractivity contribution < 1.29 is 13.9 Å². The summed E-state index contributed by atoms with van der Waals surface area (Å²) in [4.78, 5) is 12.7. The summed E-state index contributed by atoms with van der Waals surface area (Å²) in [6.07, 6.45) is 5.46. The molecule has 0 radical (unpaired) electrons. The number of H-pyrrole nitrogens is 1. The molecule has 1 unspecified atom stereocenters. The van der Waals surface area contributed by atoms with Crippen LogP contribution in [-0.4, -0.2) is 58.9 Å². The summed E-state index contributed by atoms with van der Waals surface area (Å²) < 4.78 is 21.0. The minimum atomic E-state index is -0.989. The van der Waals surface area contributed by atoms with Crippen LogP contribution in [-0.2, 0) is 17.6 Å². The maximum Gasteiger partial charge on any atom is 0.276 e. The number of aromatic amines is 1. The van der Waals surface area contributed by atoms with Crippen molar-refractivity contribution in [1.29, 1.82) is 0 Å².